The van der Waals surface area contributed by atoms with Gasteiger partial charge in [0.15, 0.2) is 0 Å². The third kappa shape index (κ3) is 19.9. The number of rotatable bonds is 20. The second kappa shape index (κ2) is 38.3. The molecule has 5 N–H and O–H groups in total. The van der Waals surface area contributed by atoms with Crippen LogP contribution in [0.1, 0.15) is 108 Å². The molecule has 0 saturated carbocycles. The first-order valence-corrected chi connectivity index (χ1v) is 40.7. The van der Waals surface area contributed by atoms with Gasteiger partial charge in [-0.05, 0) is 117 Å². The van der Waals surface area contributed by atoms with Crippen LogP contribution in [0.25, 0.3) is 54.5 Å². The molecule has 22 nitrogen and oxygen atoms in total. The highest BCUT2D eigenvalue weighted by molar-refractivity contribution is 6.13. The van der Waals surface area contributed by atoms with E-state index in [-0.39, 0.29) is 35.3 Å². The Labute approximate surface area is 719 Å². The van der Waals surface area contributed by atoms with Gasteiger partial charge in [-0.25, -0.2) is 0 Å². The standard InChI is InChI=1S/C21H19N3O2.2C21H18N2O2.C20H17N3O2.C20H16N2O2/c1-14-7-9-16(10-8-14)11-24-12-19(17-5-3-4-6-20(17)24)22-21(25)18-13-26-23-15(18)2;1-15-6-2-3-7-16(15)12-23-13-19(18-8-4-5-9-20(18)23)22-21(24)17-10-11-25-14-17;1-15-6-8-16(9-7-15)12-23-13-19(18-4-2-3-5-20(18)23)22-21(24)17-10-11-25-14-17;1-14-6-8-15(9-7-14)12-23-13-17(16-4-2-3-5-18(16)23)22-20(24)19-10-11-21-25-19;23-20(16-10-11-24-14-16)21-18-13-22(12-15-6-2-1-3-7-15)19-9-5-4-8-17(18)19/h3-10,12-13H,11H2,1-2H3,(H,22,25);2*2-11,13-14H,12H2,1H3,(H,22,24);2-11,13H,12H2,1H3,(H,22,24);1-11,13-14H,12H2,(H,21,23). The number of anilines is 5. The largest absolute Gasteiger partial charge is 0.472 e. The van der Waals surface area contributed by atoms with Crippen LogP contribution in [0.2, 0.25) is 0 Å². The molecule has 0 fully saturated rings. The summed E-state index contributed by atoms with van der Waals surface area (Å²) in [5.41, 5.74) is 23.0. The summed E-state index contributed by atoms with van der Waals surface area (Å²) in [5, 5.41) is 27.2. The predicted octanol–water partition coefficient (Wildman–Crippen LogP) is 23.0. The Bertz CT molecular complexity index is 6900. The number of nitrogens with one attached hydrogen (secondary N) is 5. The Morgan fingerprint density at radius 3 is 0.936 bits per heavy atom. The number of hydrogen-bond acceptors (Lipinski definition) is 12. The molecule has 0 atom stereocenters. The van der Waals surface area contributed by atoms with E-state index < -0.39 is 0 Å². The molecule has 0 spiro atoms. The van der Waals surface area contributed by atoms with E-state index in [1.165, 1.54) is 100 Å². The number of furan rings is 3. The lowest BCUT2D eigenvalue weighted by atomic mass is 10.1. The zero-order valence-electron chi connectivity index (χ0n) is 69.2. The number of fused-ring (bicyclic) bond motifs is 5. The number of hydrogen-bond donors (Lipinski definition) is 5. The van der Waals surface area contributed by atoms with Gasteiger partial charge >= 0.3 is 0 Å². The molecule has 20 rings (SSSR count). The molecule has 10 aromatic heterocycles. The Kier molecular flexibility index (Phi) is 25.2. The second-order valence-corrected chi connectivity index (χ2v) is 30.3. The molecule has 0 aliphatic heterocycles. The minimum atomic E-state index is -0.310. The maximum Gasteiger partial charge on any atom is 0.294 e. The van der Waals surface area contributed by atoms with Crippen molar-refractivity contribution in [1.82, 2.24) is 33.1 Å². The van der Waals surface area contributed by atoms with Crippen molar-refractivity contribution in [1.29, 1.82) is 0 Å². The first-order chi connectivity index (χ1) is 61.1. The van der Waals surface area contributed by atoms with Crippen molar-refractivity contribution in [3.63, 3.8) is 0 Å². The van der Waals surface area contributed by atoms with Gasteiger partial charge < -0.3 is 71.7 Å². The zero-order chi connectivity index (χ0) is 86.1. The molecule has 0 bridgehead atoms. The second-order valence-electron chi connectivity index (χ2n) is 30.3. The van der Waals surface area contributed by atoms with E-state index in [9.17, 15) is 24.0 Å². The van der Waals surface area contributed by atoms with Crippen molar-refractivity contribution in [3.8, 4) is 0 Å². The van der Waals surface area contributed by atoms with Gasteiger partial charge in [-0.15, -0.1) is 0 Å². The quantitative estimate of drug-likeness (QED) is 0.0477. The van der Waals surface area contributed by atoms with E-state index in [1.54, 1.807) is 31.2 Å². The van der Waals surface area contributed by atoms with E-state index in [0.29, 0.717) is 27.9 Å². The first kappa shape index (κ1) is 82.2. The van der Waals surface area contributed by atoms with Gasteiger partial charge in [0.2, 0.25) is 5.76 Å². The molecule has 0 radical (unpaired) electrons. The Morgan fingerprint density at radius 1 is 0.304 bits per heavy atom. The van der Waals surface area contributed by atoms with Crippen LogP contribution < -0.4 is 26.6 Å². The molecule has 10 aromatic carbocycles. The number of carbonyl (C=O) groups excluding carboxylic acids is 5. The van der Waals surface area contributed by atoms with Gasteiger partial charge in [0, 0.05) is 96.7 Å². The molecule has 0 unspecified atom stereocenters. The Balaban J connectivity index is 0.000000115. The maximum atomic E-state index is 12.5. The van der Waals surface area contributed by atoms with Crippen LogP contribution in [0.4, 0.5) is 28.4 Å². The fourth-order valence-corrected chi connectivity index (χ4v) is 14.8. The summed E-state index contributed by atoms with van der Waals surface area (Å²) in [6.07, 6.45) is 21.5. The van der Waals surface area contributed by atoms with Crippen molar-refractivity contribution >= 4 is 112 Å². The van der Waals surface area contributed by atoms with Crippen LogP contribution in [0.3, 0.4) is 0 Å². The molecule has 125 heavy (non-hydrogen) atoms. The van der Waals surface area contributed by atoms with E-state index in [2.05, 4.69) is 215 Å². The molecular formula is C103H88N12O10. The van der Waals surface area contributed by atoms with Crippen molar-refractivity contribution in [2.24, 2.45) is 0 Å². The topological polar surface area (TPSA) is 262 Å². The zero-order valence-corrected chi connectivity index (χ0v) is 69.2. The molecule has 0 aliphatic carbocycles. The maximum absolute atomic E-state index is 12.5. The first-order valence-electron chi connectivity index (χ1n) is 40.7. The van der Waals surface area contributed by atoms with Crippen LogP contribution in [0.5, 0.6) is 0 Å². The summed E-state index contributed by atoms with van der Waals surface area (Å²) in [7, 11) is 0. The van der Waals surface area contributed by atoms with Gasteiger partial charge in [0.25, 0.3) is 29.5 Å². The predicted molar refractivity (Wildman–Crippen MR) is 490 cm³/mol. The minimum absolute atomic E-state index is 0.174. The van der Waals surface area contributed by atoms with Gasteiger partial charge in [0.1, 0.15) is 30.6 Å². The number of aryl methyl sites for hydroxylation is 5. The molecule has 10 heterocycles. The molecular weight excluding hydrogens is 1570 g/mol. The highest BCUT2D eigenvalue weighted by Gasteiger charge is 2.21. The number of benzene rings is 10. The van der Waals surface area contributed by atoms with E-state index in [4.69, 9.17) is 22.3 Å². The highest BCUT2D eigenvalue weighted by Crippen LogP contribution is 2.34. The molecule has 0 aliphatic rings. The van der Waals surface area contributed by atoms with Gasteiger partial charge in [-0.3, -0.25) is 24.0 Å². The van der Waals surface area contributed by atoms with E-state index in [1.807, 2.05) is 152 Å². The Hall–Kier alpha value is -16.5. The normalized spacial score (nSPS) is 10.9. The lowest BCUT2D eigenvalue weighted by molar-refractivity contribution is 0.0984. The van der Waals surface area contributed by atoms with Gasteiger partial charge in [-0.2, -0.15) is 0 Å². The summed E-state index contributed by atoms with van der Waals surface area (Å²) >= 11 is 0. The lowest BCUT2D eigenvalue weighted by Gasteiger charge is -2.08. The number of nitrogens with zero attached hydrogens (tertiary/aromatic N) is 7. The highest BCUT2D eigenvalue weighted by atomic mass is 16.5. The average molecular weight is 1650 g/mol. The summed E-state index contributed by atoms with van der Waals surface area (Å²) in [6.45, 7) is 13.8. The van der Waals surface area contributed by atoms with Gasteiger partial charge in [0.05, 0.1) is 103 Å². The monoisotopic (exact) mass is 1650 g/mol. The van der Waals surface area contributed by atoms with E-state index in [0.717, 1.165) is 116 Å². The van der Waals surface area contributed by atoms with Crippen molar-refractivity contribution in [3.05, 3.63) is 438 Å². The number of amides is 5. The van der Waals surface area contributed by atoms with Crippen molar-refractivity contribution in [2.45, 2.75) is 67.3 Å². The van der Waals surface area contributed by atoms with Gasteiger partial charge in [-0.1, -0.05) is 245 Å². The fraction of sp³-hybridized carbons (Fsp3) is 0.0971. The average Bonchev–Trinajstić information content (AvgIpc) is 1.67. The fourth-order valence-electron chi connectivity index (χ4n) is 14.8. The lowest BCUT2D eigenvalue weighted by Crippen LogP contribution is -2.12. The third-order valence-corrected chi connectivity index (χ3v) is 21.4. The van der Waals surface area contributed by atoms with Crippen LogP contribution in [0, 0.1) is 34.6 Å². The number of para-hydroxylation sites is 5. The summed E-state index contributed by atoms with van der Waals surface area (Å²) < 4.78 is 35.5. The smallest absolute Gasteiger partial charge is 0.294 e. The summed E-state index contributed by atoms with van der Waals surface area (Å²) in [5.74, 6) is -0.862. The molecule has 22 heteroatoms. The van der Waals surface area contributed by atoms with Crippen LogP contribution >= 0.6 is 0 Å². The minimum Gasteiger partial charge on any atom is -0.472 e. The molecule has 0 saturated heterocycles. The molecule has 5 amide bonds. The molecule has 620 valence electrons. The van der Waals surface area contributed by atoms with Crippen molar-refractivity contribution < 1.29 is 46.3 Å². The SMILES string of the molecule is Cc1ccc(Cn2cc(NC(=O)c3ccno3)c3ccccc32)cc1.Cc1ccc(Cn2cc(NC(=O)c3ccoc3)c3ccccc32)cc1.Cc1ccc(Cn2cc(NC(=O)c3conc3C)c3ccccc32)cc1.Cc1ccccc1Cn1cc(NC(=O)c2ccoc2)c2ccccc21.O=C(Nc1cn(Cc2ccccc2)c2ccccc12)c1ccoc1. The van der Waals surface area contributed by atoms with Crippen LogP contribution in [0.15, 0.2) is 376 Å². The van der Waals surface area contributed by atoms with Crippen LogP contribution in [-0.2, 0) is 32.7 Å². The van der Waals surface area contributed by atoms with Crippen LogP contribution in [-0.4, -0.2) is 62.7 Å². The summed E-state index contributed by atoms with van der Waals surface area (Å²) in [4.78, 5) is 61.8. The third-order valence-electron chi connectivity index (χ3n) is 21.4. The number of carbonyl (C=O) groups is 5. The summed E-state index contributed by atoms with van der Waals surface area (Å²) in [6, 6.07) is 90.8. The van der Waals surface area contributed by atoms with Crippen molar-refractivity contribution in [2.75, 3.05) is 26.6 Å². The Morgan fingerprint density at radius 2 is 0.616 bits per heavy atom. The number of aromatic nitrogens is 7. The van der Waals surface area contributed by atoms with E-state index >= 15 is 0 Å². The molecule has 20 aromatic rings.